The molecule has 0 aliphatic carbocycles. The first-order valence-corrected chi connectivity index (χ1v) is 12.1. The van der Waals surface area contributed by atoms with E-state index in [-0.39, 0.29) is 17.7 Å². The van der Waals surface area contributed by atoms with Crippen LogP contribution in [0.15, 0.2) is 66.7 Å². The molecule has 3 aromatic carbocycles. The fraction of sp³-hybridized carbons (Fsp3) is 0.379. The lowest BCUT2D eigenvalue weighted by atomic mass is 9.98. The first-order valence-electron chi connectivity index (χ1n) is 12.1. The second-order valence-corrected chi connectivity index (χ2v) is 9.42. The molecule has 1 aliphatic heterocycles. The molecule has 0 N–H and O–H groups in total. The minimum absolute atomic E-state index is 0.153. The van der Waals surface area contributed by atoms with Gasteiger partial charge >= 0.3 is 0 Å². The molecule has 1 saturated heterocycles. The minimum atomic E-state index is -0.239. The molecule has 34 heavy (non-hydrogen) atoms. The normalized spacial score (nSPS) is 15.5. The highest BCUT2D eigenvalue weighted by Gasteiger charge is 2.21. The van der Waals surface area contributed by atoms with Crippen molar-refractivity contribution < 1.29 is 13.5 Å². The van der Waals surface area contributed by atoms with Crippen LogP contribution in [-0.4, -0.2) is 37.6 Å². The van der Waals surface area contributed by atoms with Gasteiger partial charge in [0.2, 0.25) is 0 Å². The van der Waals surface area contributed by atoms with Crippen LogP contribution >= 0.6 is 0 Å². The first-order chi connectivity index (χ1) is 16.4. The zero-order valence-electron chi connectivity index (χ0n) is 20.3. The Morgan fingerprint density at radius 3 is 2.03 bits per heavy atom. The number of aryl methyl sites for hydroxylation is 1. The van der Waals surface area contributed by atoms with E-state index in [0.717, 1.165) is 56.1 Å². The summed E-state index contributed by atoms with van der Waals surface area (Å²) >= 11 is 0. The van der Waals surface area contributed by atoms with E-state index in [1.54, 1.807) is 0 Å². The van der Waals surface area contributed by atoms with Crippen LogP contribution in [0.2, 0.25) is 0 Å². The monoisotopic (exact) mass is 464 g/mol. The number of ether oxygens (including phenoxy) is 1. The molecule has 1 unspecified atom stereocenters. The van der Waals surface area contributed by atoms with Gasteiger partial charge in [-0.25, -0.2) is 8.78 Å². The van der Waals surface area contributed by atoms with Gasteiger partial charge in [-0.2, -0.15) is 0 Å². The van der Waals surface area contributed by atoms with Crippen molar-refractivity contribution in [3.05, 3.63) is 95.1 Å². The molecule has 3 nitrogen and oxygen atoms in total. The third-order valence-corrected chi connectivity index (χ3v) is 6.65. The number of rotatable bonds is 8. The largest absolute Gasteiger partial charge is 0.486 e. The Bertz CT molecular complexity index is 1060. The van der Waals surface area contributed by atoms with Gasteiger partial charge in [-0.15, -0.1) is 0 Å². The number of piperazine rings is 1. The summed E-state index contributed by atoms with van der Waals surface area (Å²) in [6.07, 6.45) is 0.660. The zero-order valence-corrected chi connectivity index (χ0v) is 20.3. The predicted molar refractivity (Wildman–Crippen MR) is 135 cm³/mol. The van der Waals surface area contributed by atoms with Crippen LogP contribution in [0.3, 0.4) is 0 Å². The molecular weight excluding hydrogens is 430 g/mol. The topological polar surface area (TPSA) is 15.7 Å². The molecule has 1 aliphatic rings. The third kappa shape index (κ3) is 6.15. The Morgan fingerprint density at radius 1 is 0.824 bits per heavy atom. The van der Waals surface area contributed by atoms with Gasteiger partial charge in [-0.3, -0.25) is 4.90 Å². The lowest BCUT2D eigenvalue weighted by Crippen LogP contribution is -2.46. The summed E-state index contributed by atoms with van der Waals surface area (Å²) in [7, 11) is 0. The molecule has 0 radical (unpaired) electrons. The number of nitrogens with zero attached hydrogens (tertiary/aromatic N) is 2. The van der Waals surface area contributed by atoms with Crippen LogP contribution in [0.25, 0.3) is 0 Å². The van der Waals surface area contributed by atoms with Crippen molar-refractivity contribution in [3.63, 3.8) is 0 Å². The highest BCUT2D eigenvalue weighted by Crippen LogP contribution is 2.29. The molecule has 0 spiro atoms. The summed E-state index contributed by atoms with van der Waals surface area (Å²) in [5, 5.41) is 0. The van der Waals surface area contributed by atoms with Crippen molar-refractivity contribution in [2.75, 3.05) is 37.6 Å². The van der Waals surface area contributed by atoms with E-state index in [4.69, 9.17) is 4.74 Å². The van der Waals surface area contributed by atoms with Crippen LogP contribution < -0.4 is 9.64 Å². The highest BCUT2D eigenvalue weighted by atomic mass is 19.1. The second kappa shape index (κ2) is 11.0. The Labute approximate surface area is 202 Å². The summed E-state index contributed by atoms with van der Waals surface area (Å²) < 4.78 is 33.2. The molecule has 3 aromatic rings. The number of benzene rings is 3. The average molecular weight is 465 g/mol. The molecular formula is C29H34F2N2O. The molecule has 180 valence electrons. The molecule has 1 fully saturated rings. The maximum Gasteiger partial charge on any atom is 0.125 e. The quantitative estimate of drug-likeness (QED) is 0.368. The minimum Gasteiger partial charge on any atom is -0.486 e. The molecule has 5 heteroatoms. The van der Waals surface area contributed by atoms with E-state index in [1.807, 2.05) is 30.3 Å². The van der Waals surface area contributed by atoms with Gasteiger partial charge in [-0.1, -0.05) is 32.0 Å². The Balaban J connectivity index is 1.40. The Morgan fingerprint density at radius 2 is 1.44 bits per heavy atom. The van der Waals surface area contributed by atoms with Gasteiger partial charge in [0.05, 0.1) is 0 Å². The van der Waals surface area contributed by atoms with E-state index in [2.05, 4.69) is 42.7 Å². The van der Waals surface area contributed by atoms with Gasteiger partial charge < -0.3 is 9.64 Å². The van der Waals surface area contributed by atoms with Crippen molar-refractivity contribution in [1.29, 1.82) is 0 Å². The summed E-state index contributed by atoms with van der Waals surface area (Å²) in [6.45, 7) is 11.1. The molecule has 0 saturated carbocycles. The lowest BCUT2D eigenvalue weighted by Gasteiger charge is -2.36. The standard InChI is InChI=1S/C29H34F2N2O/c1-21(2)28-13-12-27(20-22(28)3)34-29(23-4-6-24(30)7-5-23)14-15-32-16-18-33(19-17-32)26-10-8-25(31)9-11-26/h4-13,20-21,29H,14-19H2,1-3H3. The van der Waals surface area contributed by atoms with Crippen LogP contribution in [0, 0.1) is 18.6 Å². The van der Waals surface area contributed by atoms with E-state index in [0.29, 0.717) is 5.92 Å². The highest BCUT2D eigenvalue weighted by molar-refractivity contribution is 5.46. The average Bonchev–Trinajstić information content (AvgIpc) is 2.83. The Kier molecular flexibility index (Phi) is 7.84. The smallest absolute Gasteiger partial charge is 0.125 e. The van der Waals surface area contributed by atoms with Crippen LogP contribution in [0.5, 0.6) is 5.75 Å². The summed E-state index contributed by atoms with van der Waals surface area (Å²) in [6, 6.07) is 19.7. The van der Waals surface area contributed by atoms with Gasteiger partial charge in [-0.05, 0) is 78.1 Å². The number of anilines is 1. The third-order valence-electron chi connectivity index (χ3n) is 6.65. The van der Waals surface area contributed by atoms with Gasteiger partial charge in [0.25, 0.3) is 0 Å². The zero-order chi connectivity index (χ0) is 24.1. The maximum absolute atomic E-state index is 13.6. The summed E-state index contributed by atoms with van der Waals surface area (Å²) in [5.41, 5.74) is 4.60. The number of hydrogen-bond donors (Lipinski definition) is 0. The Hall–Kier alpha value is -2.92. The maximum atomic E-state index is 13.6. The number of hydrogen-bond acceptors (Lipinski definition) is 3. The van der Waals surface area contributed by atoms with Crippen molar-refractivity contribution >= 4 is 5.69 Å². The van der Waals surface area contributed by atoms with E-state index in [9.17, 15) is 8.78 Å². The molecule has 1 heterocycles. The SMILES string of the molecule is Cc1cc(OC(CCN2CCN(c3ccc(F)cc3)CC2)c2ccc(F)cc2)ccc1C(C)C. The van der Waals surface area contributed by atoms with Crippen molar-refractivity contribution in [3.8, 4) is 5.75 Å². The van der Waals surface area contributed by atoms with Crippen molar-refractivity contribution in [1.82, 2.24) is 4.90 Å². The molecule has 0 bridgehead atoms. The molecule has 0 amide bonds. The second-order valence-electron chi connectivity index (χ2n) is 9.42. The van der Waals surface area contributed by atoms with Gasteiger partial charge in [0.1, 0.15) is 23.5 Å². The molecule has 1 atom stereocenters. The fourth-order valence-electron chi connectivity index (χ4n) is 4.69. The van der Waals surface area contributed by atoms with Crippen molar-refractivity contribution in [2.24, 2.45) is 0 Å². The van der Waals surface area contributed by atoms with E-state index >= 15 is 0 Å². The fourth-order valence-corrected chi connectivity index (χ4v) is 4.69. The predicted octanol–water partition coefficient (Wildman–Crippen LogP) is 6.73. The van der Waals surface area contributed by atoms with Crippen LogP contribution in [0.1, 0.15) is 49.0 Å². The molecule has 4 rings (SSSR count). The van der Waals surface area contributed by atoms with E-state index < -0.39 is 0 Å². The van der Waals surface area contributed by atoms with Crippen LogP contribution in [0.4, 0.5) is 14.5 Å². The van der Waals surface area contributed by atoms with Gasteiger partial charge in [0.15, 0.2) is 0 Å². The summed E-state index contributed by atoms with van der Waals surface area (Å²) in [5.74, 6) is 0.868. The number of halogens is 2. The molecule has 0 aromatic heterocycles. The summed E-state index contributed by atoms with van der Waals surface area (Å²) in [4.78, 5) is 4.73. The van der Waals surface area contributed by atoms with Crippen LogP contribution in [-0.2, 0) is 0 Å². The van der Waals surface area contributed by atoms with Gasteiger partial charge in [0, 0.05) is 44.8 Å². The van der Waals surface area contributed by atoms with Crippen molar-refractivity contribution in [2.45, 2.75) is 39.2 Å². The van der Waals surface area contributed by atoms with E-state index in [1.165, 1.54) is 35.4 Å². The first kappa shape index (κ1) is 24.2. The lowest BCUT2D eigenvalue weighted by molar-refractivity contribution is 0.160.